The van der Waals surface area contributed by atoms with E-state index in [2.05, 4.69) is 10.6 Å². The molecule has 10 heteroatoms. The Morgan fingerprint density at radius 3 is 1.66 bits per heavy atom. The molecule has 0 aliphatic rings. The van der Waals surface area contributed by atoms with Gasteiger partial charge in [0, 0.05) is 24.3 Å². The Balaban J connectivity index is 1.80. The number of amides is 2. The fourth-order valence-corrected chi connectivity index (χ4v) is 2.27. The van der Waals surface area contributed by atoms with E-state index in [0.717, 1.165) is 0 Å². The summed E-state index contributed by atoms with van der Waals surface area (Å²) in [7, 11) is 0. The van der Waals surface area contributed by atoms with Crippen molar-refractivity contribution in [3.8, 4) is 0 Å². The molecule has 0 saturated heterocycles. The summed E-state index contributed by atoms with van der Waals surface area (Å²) in [6.07, 6.45) is -0.457. The molecule has 32 heavy (non-hydrogen) atoms. The molecule has 0 unspecified atom stereocenters. The third-order valence-electron chi connectivity index (χ3n) is 3.74. The van der Waals surface area contributed by atoms with Gasteiger partial charge in [-0.3, -0.25) is 4.79 Å². The van der Waals surface area contributed by atoms with Crippen molar-refractivity contribution in [1.29, 1.82) is 0 Å². The van der Waals surface area contributed by atoms with Crippen LogP contribution in [0.15, 0.2) is 24.3 Å². The molecule has 1 aromatic carbocycles. The smallest absolute Gasteiger partial charge is 0.407 e. The standard InChI is InChI=1S/C22H37N3O7/c1-22(2,3)32-21(27)25-9-11-29-13-15-31-17-16-30-14-12-28-10-8-24-20(26)18-4-6-19(23)7-5-18/h4-7H,8-17,23H2,1-3H3,(H,24,26)(H,25,27). The van der Waals surface area contributed by atoms with Crippen molar-refractivity contribution in [1.82, 2.24) is 10.6 Å². The summed E-state index contributed by atoms with van der Waals surface area (Å²) >= 11 is 0. The van der Waals surface area contributed by atoms with Gasteiger partial charge in [-0.25, -0.2) is 4.79 Å². The van der Waals surface area contributed by atoms with Crippen LogP contribution in [0.3, 0.4) is 0 Å². The summed E-state index contributed by atoms with van der Waals surface area (Å²) in [5.74, 6) is -0.162. The van der Waals surface area contributed by atoms with Crippen molar-refractivity contribution in [2.24, 2.45) is 0 Å². The quantitative estimate of drug-likeness (QED) is 0.253. The lowest BCUT2D eigenvalue weighted by Crippen LogP contribution is -2.34. The lowest BCUT2D eigenvalue weighted by molar-refractivity contribution is -0.00142. The third-order valence-corrected chi connectivity index (χ3v) is 3.74. The first kappa shape index (κ1) is 27.6. The molecule has 4 N–H and O–H groups in total. The molecule has 0 bridgehead atoms. The normalized spacial score (nSPS) is 11.2. The minimum absolute atomic E-state index is 0.162. The van der Waals surface area contributed by atoms with Crippen LogP contribution in [0, 0.1) is 0 Å². The van der Waals surface area contributed by atoms with Crippen LogP contribution in [-0.2, 0) is 23.7 Å². The first-order valence-corrected chi connectivity index (χ1v) is 10.7. The van der Waals surface area contributed by atoms with Crippen molar-refractivity contribution in [3.05, 3.63) is 29.8 Å². The van der Waals surface area contributed by atoms with Crippen LogP contribution in [0.1, 0.15) is 31.1 Å². The van der Waals surface area contributed by atoms with E-state index in [0.29, 0.717) is 77.2 Å². The summed E-state index contributed by atoms with van der Waals surface area (Å²) in [6.45, 7) is 9.68. The van der Waals surface area contributed by atoms with Crippen LogP contribution in [0.2, 0.25) is 0 Å². The van der Waals surface area contributed by atoms with Gasteiger partial charge in [-0.2, -0.15) is 0 Å². The van der Waals surface area contributed by atoms with E-state index >= 15 is 0 Å². The van der Waals surface area contributed by atoms with Crippen molar-refractivity contribution in [2.45, 2.75) is 26.4 Å². The second kappa shape index (κ2) is 16.3. The van der Waals surface area contributed by atoms with Crippen molar-refractivity contribution >= 4 is 17.7 Å². The van der Waals surface area contributed by atoms with Gasteiger partial charge in [-0.15, -0.1) is 0 Å². The van der Waals surface area contributed by atoms with Crippen molar-refractivity contribution < 1.29 is 33.3 Å². The highest BCUT2D eigenvalue weighted by Gasteiger charge is 2.15. The molecule has 10 nitrogen and oxygen atoms in total. The summed E-state index contributed by atoms with van der Waals surface area (Å²) in [4.78, 5) is 23.3. The fraction of sp³-hybridized carbons (Fsp3) is 0.636. The van der Waals surface area contributed by atoms with E-state index < -0.39 is 11.7 Å². The molecule has 0 radical (unpaired) electrons. The van der Waals surface area contributed by atoms with E-state index in [1.165, 1.54) is 0 Å². The van der Waals surface area contributed by atoms with Gasteiger partial charge >= 0.3 is 6.09 Å². The van der Waals surface area contributed by atoms with Gasteiger partial charge in [-0.1, -0.05) is 0 Å². The average molecular weight is 456 g/mol. The predicted octanol–water partition coefficient (Wildman–Crippen LogP) is 1.59. The Morgan fingerprint density at radius 2 is 1.19 bits per heavy atom. The molecule has 2 amide bonds. The lowest BCUT2D eigenvalue weighted by Gasteiger charge is -2.19. The maximum Gasteiger partial charge on any atom is 0.407 e. The maximum atomic E-state index is 11.9. The number of carbonyl (C=O) groups is 2. The maximum absolute atomic E-state index is 11.9. The molecule has 0 aromatic heterocycles. The van der Waals surface area contributed by atoms with Crippen molar-refractivity contribution in [3.63, 3.8) is 0 Å². The largest absolute Gasteiger partial charge is 0.444 e. The van der Waals surface area contributed by atoms with E-state index in [1.54, 1.807) is 24.3 Å². The number of hydrogen-bond acceptors (Lipinski definition) is 8. The van der Waals surface area contributed by atoms with E-state index in [-0.39, 0.29) is 5.91 Å². The summed E-state index contributed by atoms with van der Waals surface area (Å²) in [5.41, 5.74) is 6.26. The number of ether oxygens (including phenoxy) is 5. The SMILES string of the molecule is CC(C)(C)OC(=O)NCCOCCOCCOCCOCCNC(=O)c1ccc(N)cc1. The molecular formula is C22H37N3O7. The monoisotopic (exact) mass is 455 g/mol. The Hall–Kier alpha value is -2.40. The van der Waals surface area contributed by atoms with Gasteiger partial charge in [0.1, 0.15) is 5.60 Å². The van der Waals surface area contributed by atoms with Crippen LogP contribution in [-0.4, -0.2) is 83.5 Å². The molecule has 0 aliphatic heterocycles. The zero-order valence-corrected chi connectivity index (χ0v) is 19.3. The van der Waals surface area contributed by atoms with Crippen LogP contribution in [0.5, 0.6) is 0 Å². The van der Waals surface area contributed by atoms with Gasteiger partial charge < -0.3 is 40.1 Å². The molecule has 182 valence electrons. The highest BCUT2D eigenvalue weighted by atomic mass is 16.6. The fourth-order valence-electron chi connectivity index (χ4n) is 2.27. The zero-order chi connectivity index (χ0) is 23.7. The van der Waals surface area contributed by atoms with Crippen LogP contribution in [0.4, 0.5) is 10.5 Å². The number of alkyl carbamates (subject to hydrolysis) is 1. The summed E-state index contributed by atoms with van der Waals surface area (Å²) in [6, 6.07) is 6.73. The molecule has 0 aliphatic carbocycles. The number of nitrogens with two attached hydrogens (primary N) is 1. The first-order chi connectivity index (χ1) is 15.3. The Bertz CT molecular complexity index is 648. The molecule has 0 heterocycles. The number of anilines is 1. The highest BCUT2D eigenvalue weighted by molar-refractivity contribution is 5.94. The molecule has 0 spiro atoms. The third kappa shape index (κ3) is 15.4. The van der Waals surface area contributed by atoms with Gasteiger partial charge in [0.2, 0.25) is 0 Å². The van der Waals surface area contributed by atoms with Crippen LogP contribution >= 0.6 is 0 Å². The summed E-state index contributed by atoms with van der Waals surface area (Å²) < 4.78 is 26.7. The first-order valence-electron chi connectivity index (χ1n) is 10.7. The molecule has 0 saturated carbocycles. The molecule has 1 rings (SSSR count). The van der Waals surface area contributed by atoms with Gasteiger partial charge in [0.25, 0.3) is 5.91 Å². The van der Waals surface area contributed by atoms with Crippen LogP contribution < -0.4 is 16.4 Å². The molecular weight excluding hydrogens is 418 g/mol. The van der Waals surface area contributed by atoms with Gasteiger partial charge in [0.15, 0.2) is 0 Å². The lowest BCUT2D eigenvalue weighted by atomic mass is 10.2. The highest BCUT2D eigenvalue weighted by Crippen LogP contribution is 2.06. The van der Waals surface area contributed by atoms with E-state index in [9.17, 15) is 9.59 Å². The van der Waals surface area contributed by atoms with Gasteiger partial charge in [-0.05, 0) is 45.0 Å². The van der Waals surface area contributed by atoms with Gasteiger partial charge in [0.05, 0.1) is 52.9 Å². The number of benzene rings is 1. The molecule has 0 fully saturated rings. The zero-order valence-electron chi connectivity index (χ0n) is 19.3. The number of rotatable bonds is 16. The van der Waals surface area contributed by atoms with E-state index in [4.69, 9.17) is 29.4 Å². The van der Waals surface area contributed by atoms with Crippen LogP contribution in [0.25, 0.3) is 0 Å². The second-order valence-corrected chi connectivity index (χ2v) is 7.76. The minimum Gasteiger partial charge on any atom is -0.444 e. The molecule has 0 atom stereocenters. The Morgan fingerprint density at radius 1 is 0.750 bits per heavy atom. The number of nitrogens with one attached hydrogen (secondary N) is 2. The Labute approximate surface area is 190 Å². The number of nitrogen functional groups attached to an aromatic ring is 1. The topological polar surface area (TPSA) is 130 Å². The predicted molar refractivity (Wildman–Crippen MR) is 121 cm³/mol. The summed E-state index contributed by atoms with van der Waals surface area (Å²) in [5, 5.41) is 5.39. The second-order valence-electron chi connectivity index (χ2n) is 7.76. The minimum atomic E-state index is -0.511. The number of carbonyl (C=O) groups excluding carboxylic acids is 2. The molecule has 1 aromatic rings. The number of hydrogen-bond donors (Lipinski definition) is 3. The average Bonchev–Trinajstić information content (AvgIpc) is 2.72. The van der Waals surface area contributed by atoms with Crippen molar-refractivity contribution in [2.75, 3.05) is 71.7 Å². The van der Waals surface area contributed by atoms with E-state index in [1.807, 2.05) is 20.8 Å². The Kier molecular flexibility index (Phi) is 14.0.